The van der Waals surface area contributed by atoms with Gasteiger partial charge in [0.15, 0.2) is 16.3 Å². The Kier molecular flexibility index (Phi) is 8.48. The van der Waals surface area contributed by atoms with Crippen molar-refractivity contribution in [1.82, 2.24) is 19.1 Å². The number of H-pyrrole nitrogens is 1. The van der Waals surface area contributed by atoms with E-state index in [1.807, 2.05) is 4.57 Å². The molecule has 0 aromatic carbocycles. The fraction of sp³-hybridized carbons (Fsp3) is 0.737. The van der Waals surface area contributed by atoms with Gasteiger partial charge in [-0.2, -0.15) is 0 Å². The lowest BCUT2D eigenvalue weighted by molar-refractivity contribution is 0.544. The molecule has 0 aliphatic rings. The summed E-state index contributed by atoms with van der Waals surface area (Å²) in [4.78, 5) is 31.3. The van der Waals surface area contributed by atoms with Crippen molar-refractivity contribution in [1.29, 1.82) is 0 Å². The number of aromatic nitrogens is 4. The van der Waals surface area contributed by atoms with Gasteiger partial charge in [-0.1, -0.05) is 70.6 Å². The van der Waals surface area contributed by atoms with Crippen molar-refractivity contribution in [2.24, 2.45) is 7.05 Å². The highest BCUT2D eigenvalue weighted by Crippen LogP contribution is 2.23. The molecule has 0 amide bonds. The Bertz CT molecular complexity index is 806. The fourth-order valence-corrected chi connectivity index (χ4v) is 4.12. The molecular weight excluding hydrogens is 348 g/mol. The van der Waals surface area contributed by atoms with E-state index in [0.29, 0.717) is 11.2 Å². The molecule has 0 fully saturated rings. The van der Waals surface area contributed by atoms with Crippen LogP contribution in [0, 0.1) is 0 Å². The number of aromatic amines is 1. The van der Waals surface area contributed by atoms with Crippen molar-refractivity contribution >= 4 is 22.9 Å². The molecule has 0 saturated heterocycles. The molecule has 0 aliphatic carbocycles. The third kappa shape index (κ3) is 5.25. The zero-order valence-electron chi connectivity index (χ0n) is 16.3. The molecule has 0 aliphatic heterocycles. The van der Waals surface area contributed by atoms with Gasteiger partial charge >= 0.3 is 5.69 Å². The van der Waals surface area contributed by atoms with E-state index in [1.54, 1.807) is 18.8 Å². The minimum Gasteiger partial charge on any atom is -0.313 e. The maximum absolute atomic E-state index is 12.4. The second-order valence-electron chi connectivity index (χ2n) is 6.86. The molecule has 26 heavy (non-hydrogen) atoms. The van der Waals surface area contributed by atoms with E-state index in [1.165, 1.54) is 43.1 Å². The van der Waals surface area contributed by atoms with Gasteiger partial charge in [-0.3, -0.25) is 14.3 Å². The molecule has 0 unspecified atom stereocenters. The Morgan fingerprint density at radius 3 is 2.35 bits per heavy atom. The molecule has 7 heteroatoms. The Balaban J connectivity index is 2.20. The van der Waals surface area contributed by atoms with E-state index < -0.39 is 5.69 Å². The topological polar surface area (TPSA) is 72.7 Å². The smallest absolute Gasteiger partial charge is 0.313 e. The van der Waals surface area contributed by atoms with Gasteiger partial charge in [-0.25, -0.2) is 9.78 Å². The molecule has 2 heterocycles. The number of unbranched alkanes of at least 4 members (excludes halogenated alkanes) is 7. The first kappa shape index (κ1) is 20.8. The summed E-state index contributed by atoms with van der Waals surface area (Å²) in [5.74, 6) is 0.986. The number of nitrogens with zero attached hydrogens (tertiary/aromatic N) is 3. The van der Waals surface area contributed by atoms with Gasteiger partial charge in [0.25, 0.3) is 5.56 Å². The molecule has 0 radical (unpaired) electrons. The van der Waals surface area contributed by atoms with Gasteiger partial charge in [0.1, 0.15) is 0 Å². The highest BCUT2D eigenvalue weighted by Gasteiger charge is 2.17. The summed E-state index contributed by atoms with van der Waals surface area (Å²) in [5.41, 5.74) is 0.276. The van der Waals surface area contributed by atoms with Crippen molar-refractivity contribution in [2.45, 2.75) is 83.3 Å². The predicted octanol–water partition coefficient (Wildman–Crippen LogP) is 4.07. The SMILES string of the molecule is CCCCCCCCn1c(SCCCCC)nc2c1c(=O)[nH]c(=O)n2C. The third-order valence-corrected chi connectivity index (χ3v) is 5.75. The van der Waals surface area contributed by atoms with Gasteiger partial charge in [-0.15, -0.1) is 0 Å². The summed E-state index contributed by atoms with van der Waals surface area (Å²) in [5, 5.41) is 0.858. The van der Waals surface area contributed by atoms with Gasteiger partial charge in [-0.05, 0) is 12.8 Å². The van der Waals surface area contributed by atoms with E-state index in [2.05, 4.69) is 23.8 Å². The number of nitrogens with one attached hydrogen (secondary N) is 1. The minimum atomic E-state index is -0.408. The Morgan fingerprint density at radius 1 is 0.962 bits per heavy atom. The van der Waals surface area contributed by atoms with Crippen LogP contribution >= 0.6 is 11.8 Å². The quantitative estimate of drug-likeness (QED) is 0.445. The molecule has 6 nitrogen and oxygen atoms in total. The number of rotatable bonds is 12. The van der Waals surface area contributed by atoms with Crippen LogP contribution in [0.2, 0.25) is 0 Å². The lowest BCUT2D eigenvalue weighted by atomic mass is 10.1. The third-order valence-electron chi connectivity index (χ3n) is 4.69. The minimum absolute atomic E-state index is 0.331. The summed E-state index contributed by atoms with van der Waals surface area (Å²) < 4.78 is 3.45. The van der Waals surface area contributed by atoms with Crippen molar-refractivity contribution in [3.8, 4) is 0 Å². The average molecular weight is 381 g/mol. The largest absolute Gasteiger partial charge is 0.329 e. The monoisotopic (exact) mass is 380 g/mol. The molecule has 0 spiro atoms. The first-order valence-corrected chi connectivity index (χ1v) is 10.9. The maximum atomic E-state index is 12.4. The van der Waals surface area contributed by atoms with E-state index in [0.717, 1.165) is 36.7 Å². The summed E-state index contributed by atoms with van der Waals surface area (Å²) in [6.45, 7) is 5.18. The van der Waals surface area contributed by atoms with Crippen LogP contribution in [0.15, 0.2) is 14.7 Å². The number of hydrogen-bond donors (Lipinski definition) is 1. The van der Waals surface area contributed by atoms with Crippen molar-refractivity contribution < 1.29 is 0 Å². The summed E-state index contributed by atoms with van der Waals surface area (Å²) in [6, 6.07) is 0. The molecule has 2 aromatic heterocycles. The lowest BCUT2D eigenvalue weighted by Crippen LogP contribution is -2.29. The molecule has 146 valence electrons. The van der Waals surface area contributed by atoms with Crippen LogP contribution in [0.25, 0.3) is 11.2 Å². The number of imidazole rings is 1. The van der Waals surface area contributed by atoms with Gasteiger partial charge in [0.05, 0.1) is 0 Å². The van der Waals surface area contributed by atoms with Gasteiger partial charge in [0.2, 0.25) is 0 Å². The maximum Gasteiger partial charge on any atom is 0.329 e. The predicted molar refractivity (Wildman–Crippen MR) is 109 cm³/mol. The second-order valence-corrected chi connectivity index (χ2v) is 7.92. The summed E-state index contributed by atoms with van der Waals surface area (Å²) in [7, 11) is 1.66. The Morgan fingerprint density at radius 2 is 1.62 bits per heavy atom. The van der Waals surface area contributed by atoms with Crippen LogP contribution in [-0.4, -0.2) is 24.9 Å². The van der Waals surface area contributed by atoms with E-state index >= 15 is 0 Å². The number of fused-ring (bicyclic) bond motifs is 1. The number of hydrogen-bond acceptors (Lipinski definition) is 4. The normalized spacial score (nSPS) is 11.5. The number of thioether (sulfide) groups is 1. The molecule has 2 rings (SSSR count). The Labute approximate surface area is 159 Å². The molecule has 0 saturated carbocycles. The van der Waals surface area contributed by atoms with Gasteiger partial charge in [0, 0.05) is 19.3 Å². The standard InChI is InChI=1S/C19H32N4O2S/c1-4-6-8-9-10-11-13-23-15-16(22(3)18(25)21-17(15)24)20-19(23)26-14-12-7-5-2/h4-14H2,1-3H3,(H,21,24,25). The summed E-state index contributed by atoms with van der Waals surface area (Å²) in [6.07, 6.45) is 10.7. The lowest BCUT2D eigenvalue weighted by Gasteiger charge is -2.08. The molecule has 1 N–H and O–H groups in total. The van der Waals surface area contributed by atoms with Crippen LogP contribution in [0.4, 0.5) is 0 Å². The van der Waals surface area contributed by atoms with E-state index in [-0.39, 0.29) is 5.56 Å². The van der Waals surface area contributed by atoms with Crippen LogP contribution in [0.5, 0.6) is 0 Å². The number of aryl methyl sites for hydroxylation is 2. The second kappa shape index (κ2) is 10.6. The van der Waals surface area contributed by atoms with Crippen molar-refractivity contribution in [3.63, 3.8) is 0 Å². The van der Waals surface area contributed by atoms with E-state index in [9.17, 15) is 9.59 Å². The molecule has 2 aromatic rings. The first-order chi connectivity index (χ1) is 12.6. The fourth-order valence-electron chi connectivity index (χ4n) is 3.10. The molecular formula is C19H32N4O2S. The summed E-state index contributed by atoms with van der Waals surface area (Å²) >= 11 is 1.69. The van der Waals surface area contributed by atoms with Crippen LogP contribution < -0.4 is 11.2 Å². The van der Waals surface area contributed by atoms with Crippen LogP contribution in [-0.2, 0) is 13.6 Å². The Hall–Kier alpha value is -1.50. The highest BCUT2D eigenvalue weighted by molar-refractivity contribution is 7.99. The van der Waals surface area contributed by atoms with Crippen molar-refractivity contribution in [3.05, 3.63) is 20.8 Å². The van der Waals surface area contributed by atoms with Gasteiger partial charge < -0.3 is 4.57 Å². The highest BCUT2D eigenvalue weighted by atomic mass is 32.2. The zero-order valence-corrected chi connectivity index (χ0v) is 17.2. The molecule has 0 atom stereocenters. The van der Waals surface area contributed by atoms with Crippen LogP contribution in [0.3, 0.4) is 0 Å². The molecule has 0 bridgehead atoms. The van der Waals surface area contributed by atoms with Crippen LogP contribution in [0.1, 0.15) is 71.6 Å². The average Bonchev–Trinajstić information content (AvgIpc) is 2.99. The first-order valence-electron chi connectivity index (χ1n) is 9.92. The zero-order chi connectivity index (χ0) is 18.9. The van der Waals surface area contributed by atoms with E-state index in [4.69, 9.17) is 0 Å². The van der Waals surface area contributed by atoms with Crippen molar-refractivity contribution in [2.75, 3.05) is 5.75 Å².